The Labute approximate surface area is 123 Å². The molecule has 1 aromatic carbocycles. The Balaban J connectivity index is 2.05. The van der Waals surface area contributed by atoms with Crippen molar-refractivity contribution < 1.29 is 8.42 Å². The number of anilines is 1. The minimum absolute atomic E-state index is 0.117. The van der Waals surface area contributed by atoms with Crippen LogP contribution in [0.3, 0.4) is 0 Å². The molecule has 0 amide bonds. The Morgan fingerprint density at radius 3 is 2.81 bits per heavy atom. The summed E-state index contributed by atoms with van der Waals surface area (Å²) in [6.45, 7) is 1.00. The Hall–Kier alpha value is -2.13. The summed E-state index contributed by atoms with van der Waals surface area (Å²) in [5.74, 6) is 0.916. The van der Waals surface area contributed by atoms with Crippen LogP contribution in [-0.4, -0.2) is 38.0 Å². The molecule has 1 aliphatic heterocycles. The number of nitrogens with zero attached hydrogens (tertiary/aromatic N) is 3. The molecular weight excluding hydrogens is 286 g/mol. The van der Waals surface area contributed by atoms with Crippen LogP contribution in [0.25, 0.3) is 10.9 Å². The maximum absolute atomic E-state index is 11.7. The minimum atomic E-state index is -2.97. The molecule has 1 saturated heterocycles. The molecule has 0 unspecified atom stereocenters. The average Bonchev–Trinajstić information content (AvgIpc) is 2.66. The van der Waals surface area contributed by atoms with Gasteiger partial charge in [-0.3, -0.25) is 0 Å². The highest BCUT2D eigenvalue weighted by molar-refractivity contribution is 7.91. The van der Waals surface area contributed by atoms with E-state index in [0.717, 1.165) is 10.9 Å². The highest BCUT2D eigenvalue weighted by Gasteiger charge is 2.22. The van der Waals surface area contributed by atoms with E-state index in [1.807, 2.05) is 35.2 Å². The van der Waals surface area contributed by atoms with E-state index in [1.165, 1.54) is 0 Å². The second kappa shape index (κ2) is 5.34. The maximum atomic E-state index is 11.7. The van der Waals surface area contributed by atoms with Gasteiger partial charge in [-0.1, -0.05) is 18.2 Å². The third-order valence-corrected chi connectivity index (χ3v) is 5.39. The lowest BCUT2D eigenvalue weighted by Crippen LogP contribution is -2.28. The van der Waals surface area contributed by atoms with Crippen LogP contribution < -0.4 is 4.90 Å². The lowest BCUT2D eigenvalue weighted by atomic mass is 10.1. The zero-order chi connectivity index (χ0) is 14.9. The number of sulfone groups is 1. The second-order valence-electron chi connectivity index (χ2n) is 5.16. The predicted molar refractivity (Wildman–Crippen MR) is 81.9 cm³/mol. The molecule has 2 heterocycles. The van der Waals surface area contributed by atoms with Gasteiger partial charge < -0.3 is 4.90 Å². The second-order valence-corrected chi connectivity index (χ2v) is 7.46. The van der Waals surface area contributed by atoms with Gasteiger partial charge in [0.05, 0.1) is 22.6 Å². The zero-order valence-corrected chi connectivity index (χ0v) is 12.3. The lowest BCUT2D eigenvalue weighted by molar-refractivity contribution is 0.597. The lowest BCUT2D eigenvalue weighted by Gasteiger charge is -2.22. The summed E-state index contributed by atoms with van der Waals surface area (Å²) < 4.78 is 23.4. The van der Waals surface area contributed by atoms with Crippen molar-refractivity contribution in [3.63, 3.8) is 0 Å². The van der Waals surface area contributed by atoms with Gasteiger partial charge in [0.15, 0.2) is 9.84 Å². The highest BCUT2D eigenvalue weighted by Crippen LogP contribution is 2.24. The van der Waals surface area contributed by atoms with Crippen molar-refractivity contribution in [1.82, 2.24) is 4.98 Å². The number of benzene rings is 1. The summed E-state index contributed by atoms with van der Waals surface area (Å²) in [7, 11) is -2.97. The largest absolute Gasteiger partial charge is 0.354 e. The molecule has 108 valence electrons. The van der Waals surface area contributed by atoms with Crippen molar-refractivity contribution in [1.29, 1.82) is 5.26 Å². The molecule has 6 heteroatoms. The molecule has 5 nitrogen and oxygen atoms in total. The average molecular weight is 301 g/mol. The van der Waals surface area contributed by atoms with E-state index < -0.39 is 9.84 Å². The first-order chi connectivity index (χ1) is 10.1. The number of rotatable bonds is 1. The van der Waals surface area contributed by atoms with E-state index in [4.69, 9.17) is 0 Å². The number of pyridine rings is 1. The molecule has 0 radical (unpaired) electrons. The van der Waals surface area contributed by atoms with Crippen molar-refractivity contribution in [2.24, 2.45) is 0 Å². The van der Waals surface area contributed by atoms with Gasteiger partial charge in [-0.05, 0) is 18.6 Å². The van der Waals surface area contributed by atoms with E-state index in [-0.39, 0.29) is 11.5 Å². The van der Waals surface area contributed by atoms with Crippen LogP contribution in [0.2, 0.25) is 0 Å². The standard InChI is InChI=1S/C15H15N3O2S/c16-11-13-10-12-4-1-2-5-14(12)17-15(13)18-6-3-8-21(19,20)9-7-18/h1-2,4-5,10H,3,6-9H2. The summed E-state index contributed by atoms with van der Waals surface area (Å²) in [4.78, 5) is 6.48. The fourth-order valence-corrected chi connectivity index (χ4v) is 3.85. The molecule has 0 spiro atoms. The van der Waals surface area contributed by atoms with Gasteiger partial charge in [-0.25, -0.2) is 13.4 Å². The molecule has 1 fully saturated rings. The van der Waals surface area contributed by atoms with Gasteiger partial charge in [0.1, 0.15) is 11.9 Å². The molecule has 0 saturated carbocycles. The fourth-order valence-electron chi connectivity index (χ4n) is 2.58. The van der Waals surface area contributed by atoms with E-state index in [0.29, 0.717) is 30.9 Å². The van der Waals surface area contributed by atoms with Crippen LogP contribution in [0.1, 0.15) is 12.0 Å². The smallest absolute Gasteiger partial charge is 0.152 e. The van der Waals surface area contributed by atoms with Crippen LogP contribution >= 0.6 is 0 Å². The molecule has 1 aromatic heterocycles. The third kappa shape index (κ3) is 2.83. The Bertz CT molecular complexity index is 824. The normalized spacial score (nSPS) is 18.1. The summed E-state index contributed by atoms with van der Waals surface area (Å²) in [5, 5.41) is 10.3. The molecule has 2 aromatic rings. The van der Waals surface area contributed by atoms with Crippen molar-refractivity contribution in [2.45, 2.75) is 6.42 Å². The van der Waals surface area contributed by atoms with E-state index in [9.17, 15) is 13.7 Å². The van der Waals surface area contributed by atoms with Crippen molar-refractivity contribution in [3.8, 4) is 6.07 Å². The quantitative estimate of drug-likeness (QED) is 0.802. The Morgan fingerprint density at radius 2 is 2.00 bits per heavy atom. The molecule has 0 atom stereocenters. The van der Waals surface area contributed by atoms with Crippen molar-refractivity contribution in [2.75, 3.05) is 29.5 Å². The number of para-hydroxylation sites is 1. The monoisotopic (exact) mass is 301 g/mol. The highest BCUT2D eigenvalue weighted by atomic mass is 32.2. The number of fused-ring (bicyclic) bond motifs is 1. The van der Waals surface area contributed by atoms with Gasteiger partial charge in [-0.2, -0.15) is 5.26 Å². The van der Waals surface area contributed by atoms with Crippen LogP contribution in [0.15, 0.2) is 30.3 Å². The van der Waals surface area contributed by atoms with Gasteiger partial charge in [-0.15, -0.1) is 0 Å². The SMILES string of the molecule is N#Cc1cc2ccccc2nc1N1CCCS(=O)(=O)CC1. The molecule has 1 aliphatic rings. The first kappa shape index (κ1) is 13.8. The summed E-state index contributed by atoms with van der Waals surface area (Å²) in [6, 6.07) is 11.6. The molecule has 3 rings (SSSR count). The Kier molecular flexibility index (Phi) is 3.52. The van der Waals surface area contributed by atoms with Gasteiger partial charge in [0, 0.05) is 18.5 Å². The number of aromatic nitrogens is 1. The van der Waals surface area contributed by atoms with E-state index >= 15 is 0 Å². The van der Waals surface area contributed by atoms with Crippen LogP contribution in [0.4, 0.5) is 5.82 Å². The number of hydrogen-bond donors (Lipinski definition) is 0. The fraction of sp³-hybridized carbons (Fsp3) is 0.333. The zero-order valence-electron chi connectivity index (χ0n) is 11.5. The summed E-state index contributed by atoms with van der Waals surface area (Å²) in [5.41, 5.74) is 1.31. The predicted octanol–water partition coefficient (Wildman–Crippen LogP) is 1.73. The van der Waals surface area contributed by atoms with Crippen LogP contribution in [-0.2, 0) is 9.84 Å². The molecule has 0 bridgehead atoms. The van der Waals surface area contributed by atoms with Crippen LogP contribution in [0.5, 0.6) is 0 Å². The Morgan fingerprint density at radius 1 is 1.19 bits per heavy atom. The van der Waals surface area contributed by atoms with Crippen molar-refractivity contribution in [3.05, 3.63) is 35.9 Å². The molecule has 0 N–H and O–H groups in total. The molecule has 21 heavy (non-hydrogen) atoms. The van der Waals surface area contributed by atoms with E-state index in [1.54, 1.807) is 0 Å². The molecular formula is C15H15N3O2S. The minimum Gasteiger partial charge on any atom is -0.354 e. The summed E-state index contributed by atoms with van der Waals surface area (Å²) >= 11 is 0. The van der Waals surface area contributed by atoms with Gasteiger partial charge in [0.2, 0.25) is 0 Å². The van der Waals surface area contributed by atoms with E-state index in [2.05, 4.69) is 11.1 Å². The van der Waals surface area contributed by atoms with Gasteiger partial charge in [0.25, 0.3) is 0 Å². The third-order valence-electron chi connectivity index (χ3n) is 3.68. The summed E-state index contributed by atoms with van der Waals surface area (Å²) in [6.07, 6.45) is 0.571. The molecule has 0 aliphatic carbocycles. The van der Waals surface area contributed by atoms with Crippen LogP contribution in [0, 0.1) is 11.3 Å². The number of nitriles is 1. The maximum Gasteiger partial charge on any atom is 0.152 e. The van der Waals surface area contributed by atoms with Gasteiger partial charge >= 0.3 is 0 Å². The first-order valence-corrected chi connectivity index (χ1v) is 8.66. The number of hydrogen-bond acceptors (Lipinski definition) is 5. The van der Waals surface area contributed by atoms with Crippen molar-refractivity contribution >= 4 is 26.6 Å². The topological polar surface area (TPSA) is 74.1 Å². The first-order valence-electron chi connectivity index (χ1n) is 6.84.